The number of carbonyl (C=O) groups is 2. The lowest BCUT2D eigenvalue weighted by Gasteiger charge is -2.21. The molecular weight excluding hydrogens is 304 g/mol. The monoisotopic (exact) mass is 326 g/mol. The SMILES string of the molecule is C=CC(=O)NC1CCN(c2ccc(C(N)=O)c3[nH]c(C)c(C)c23)C1. The molecule has 0 spiro atoms. The fourth-order valence-corrected chi connectivity index (χ4v) is 3.40. The first-order valence-corrected chi connectivity index (χ1v) is 8.02. The van der Waals surface area contributed by atoms with Crippen LogP contribution in [0.15, 0.2) is 24.8 Å². The lowest BCUT2D eigenvalue weighted by molar-refractivity contribution is -0.117. The summed E-state index contributed by atoms with van der Waals surface area (Å²) < 4.78 is 0. The van der Waals surface area contributed by atoms with Gasteiger partial charge in [-0.3, -0.25) is 9.59 Å². The first kappa shape index (κ1) is 16.1. The Morgan fingerprint density at radius 3 is 2.83 bits per heavy atom. The Kier molecular flexibility index (Phi) is 4.05. The summed E-state index contributed by atoms with van der Waals surface area (Å²) in [5.74, 6) is -0.588. The van der Waals surface area contributed by atoms with Crippen LogP contribution < -0.4 is 16.0 Å². The highest BCUT2D eigenvalue weighted by Crippen LogP contribution is 2.35. The Hall–Kier alpha value is -2.76. The summed E-state index contributed by atoms with van der Waals surface area (Å²) in [4.78, 5) is 28.7. The van der Waals surface area contributed by atoms with Gasteiger partial charge in [-0.05, 0) is 44.0 Å². The summed E-state index contributed by atoms with van der Waals surface area (Å²) in [5, 5.41) is 3.97. The highest BCUT2D eigenvalue weighted by atomic mass is 16.1. The van der Waals surface area contributed by atoms with Crippen LogP contribution in [0.25, 0.3) is 10.9 Å². The van der Waals surface area contributed by atoms with E-state index in [4.69, 9.17) is 5.73 Å². The minimum absolute atomic E-state index is 0.0988. The number of fused-ring (bicyclic) bond motifs is 1. The molecule has 0 bridgehead atoms. The van der Waals surface area contributed by atoms with Gasteiger partial charge in [0.25, 0.3) is 5.91 Å². The molecule has 0 saturated carbocycles. The molecule has 2 amide bonds. The molecule has 3 rings (SSSR count). The molecular formula is C18H22N4O2. The van der Waals surface area contributed by atoms with Crippen LogP contribution in [0.1, 0.15) is 28.0 Å². The number of aromatic nitrogens is 1. The predicted octanol–water partition coefficient (Wildman–Crippen LogP) is 1.76. The van der Waals surface area contributed by atoms with Crippen molar-refractivity contribution in [1.29, 1.82) is 0 Å². The maximum atomic E-state index is 11.7. The molecule has 1 unspecified atom stereocenters. The van der Waals surface area contributed by atoms with Crippen LogP contribution in [0.3, 0.4) is 0 Å². The molecule has 1 aliphatic rings. The third-order valence-electron chi connectivity index (χ3n) is 4.76. The van der Waals surface area contributed by atoms with E-state index in [0.29, 0.717) is 5.56 Å². The van der Waals surface area contributed by atoms with Crippen LogP contribution in [0.2, 0.25) is 0 Å². The number of amides is 2. The molecule has 6 nitrogen and oxygen atoms in total. The van der Waals surface area contributed by atoms with Crippen LogP contribution >= 0.6 is 0 Å². The summed E-state index contributed by atoms with van der Waals surface area (Å²) in [6.07, 6.45) is 2.17. The maximum Gasteiger partial charge on any atom is 0.250 e. The van der Waals surface area contributed by atoms with Gasteiger partial charge in [0.2, 0.25) is 5.91 Å². The molecule has 1 aromatic carbocycles. The fraction of sp³-hybridized carbons (Fsp3) is 0.333. The Morgan fingerprint density at radius 2 is 2.17 bits per heavy atom. The van der Waals surface area contributed by atoms with E-state index >= 15 is 0 Å². The van der Waals surface area contributed by atoms with Gasteiger partial charge in [0, 0.05) is 35.9 Å². The molecule has 0 aliphatic carbocycles. The number of hydrogen-bond donors (Lipinski definition) is 3. The van der Waals surface area contributed by atoms with Crippen LogP contribution in [-0.4, -0.2) is 35.9 Å². The van der Waals surface area contributed by atoms with E-state index in [-0.39, 0.29) is 11.9 Å². The quantitative estimate of drug-likeness (QED) is 0.748. The van der Waals surface area contributed by atoms with Crippen molar-refractivity contribution in [3.8, 4) is 0 Å². The van der Waals surface area contributed by atoms with Gasteiger partial charge in [-0.1, -0.05) is 6.58 Å². The Labute approximate surface area is 140 Å². The van der Waals surface area contributed by atoms with Crippen LogP contribution in [-0.2, 0) is 4.79 Å². The van der Waals surface area contributed by atoms with Crippen molar-refractivity contribution in [2.45, 2.75) is 26.3 Å². The average Bonchev–Trinajstić information content (AvgIpc) is 3.12. The van der Waals surface area contributed by atoms with Gasteiger partial charge in [-0.2, -0.15) is 0 Å². The molecule has 6 heteroatoms. The molecule has 1 saturated heterocycles. The third-order valence-corrected chi connectivity index (χ3v) is 4.76. The summed E-state index contributed by atoms with van der Waals surface area (Å²) in [6.45, 7) is 9.09. The molecule has 1 aliphatic heterocycles. The standard InChI is InChI=1S/C18H22N4O2/c1-4-15(23)21-12-7-8-22(9-12)14-6-5-13(18(19)24)17-16(14)10(2)11(3)20-17/h4-6,12,20H,1,7-9H2,2-3H3,(H2,19,24)(H,21,23). The van der Waals surface area contributed by atoms with Crippen molar-refractivity contribution in [3.63, 3.8) is 0 Å². The van der Waals surface area contributed by atoms with E-state index < -0.39 is 5.91 Å². The van der Waals surface area contributed by atoms with E-state index in [1.54, 1.807) is 6.07 Å². The number of aromatic amines is 1. The number of anilines is 1. The first-order chi connectivity index (χ1) is 11.4. The molecule has 2 heterocycles. The number of carbonyl (C=O) groups excluding carboxylic acids is 2. The molecule has 2 aromatic rings. The van der Waals surface area contributed by atoms with Crippen LogP contribution in [0.5, 0.6) is 0 Å². The number of benzene rings is 1. The fourth-order valence-electron chi connectivity index (χ4n) is 3.40. The largest absolute Gasteiger partial charge is 0.369 e. The Balaban J connectivity index is 1.99. The minimum Gasteiger partial charge on any atom is -0.369 e. The lowest BCUT2D eigenvalue weighted by atomic mass is 10.1. The number of nitrogens with zero attached hydrogens (tertiary/aromatic N) is 1. The minimum atomic E-state index is -0.439. The highest BCUT2D eigenvalue weighted by Gasteiger charge is 2.26. The molecule has 4 N–H and O–H groups in total. The third kappa shape index (κ3) is 2.64. The van der Waals surface area contributed by atoms with Crippen molar-refractivity contribution in [1.82, 2.24) is 10.3 Å². The number of hydrogen-bond acceptors (Lipinski definition) is 3. The summed E-state index contributed by atoms with van der Waals surface area (Å²) in [7, 11) is 0. The zero-order valence-electron chi connectivity index (χ0n) is 14.0. The van der Waals surface area contributed by atoms with E-state index in [1.807, 2.05) is 19.9 Å². The second-order valence-corrected chi connectivity index (χ2v) is 6.27. The van der Waals surface area contributed by atoms with E-state index in [2.05, 4.69) is 21.8 Å². The van der Waals surface area contributed by atoms with Crippen LogP contribution in [0.4, 0.5) is 5.69 Å². The lowest BCUT2D eigenvalue weighted by Crippen LogP contribution is -2.36. The number of aryl methyl sites for hydroxylation is 2. The number of primary amides is 1. The van der Waals surface area contributed by atoms with Crippen molar-refractivity contribution >= 4 is 28.4 Å². The van der Waals surface area contributed by atoms with Gasteiger partial charge in [0.05, 0.1) is 11.1 Å². The van der Waals surface area contributed by atoms with E-state index in [1.165, 1.54) is 6.08 Å². The molecule has 1 aromatic heterocycles. The van der Waals surface area contributed by atoms with Crippen molar-refractivity contribution in [2.75, 3.05) is 18.0 Å². The van der Waals surface area contributed by atoms with Gasteiger partial charge < -0.3 is 20.9 Å². The predicted molar refractivity (Wildman–Crippen MR) is 95.2 cm³/mol. The molecule has 24 heavy (non-hydrogen) atoms. The summed E-state index contributed by atoms with van der Waals surface area (Å²) >= 11 is 0. The first-order valence-electron chi connectivity index (χ1n) is 8.02. The normalized spacial score (nSPS) is 17.2. The molecule has 126 valence electrons. The number of rotatable bonds is 4. The summed E-state index contributed by atoms with van der Waals surface area (Å²) in [5.41, 5.74) is 9.99. The molecule has 1 fully saturated rings. The zero-order chi connectivity index (χ0) is 17.4. The average molecular weight is 326 g/mol. The van der Waals surface area contributed by atoms with Gasteiger partial charge in [-0.25, -0.2) is 0 Å². The molecule has 1 atom stereocenters. The smallest absolute Gasteiger partial charge is 0.250 e. The van der Waals surface area contributed by atoms with E-state index in [0.717, 1.165) is 47.4 Å². The number of nitrogens with two attached hydrogens (primary N) is 1. The highest BCUT2D eigenvalue weighted by molar-refractivity contribution is 6.10. The van der Waals surface area contributed by atoms with Crippen molar-refractivity contribution in [3.05, 3.63) is 41.6 Å². The second-order valence-electron chi connectivity index (χ2n) is 6.27. The number of nitrogens with one attached hydrogen (secondary N) is 2. The van der Waals surface area contributed by atoms with Crippen LogP contribution in [0, 0.1) is 13.8 Å². The Morgan fingerprint density at radius 1 is 1.42 bits per heavy atom. The van der Waals surface area contributed by atoms with Gasteiger partial charge in [-0.15, -0.1) is 0 Å². The van der Waals surface area contributed by atoms with Gasteiger partial charge >= 0.3 is 0 Å². The van der Waals surface area contributed by atoms with E-state index in [9.17, 15) is 9.59 Å². The topological polar surface area (TPSA) is 91.2 Å². The van der Waals surface area contributed by atoms with Crippen molar-refractivity contribution < 1.29 is 9.59 Å². The summed E-state index contributed by atoms with van der Waals surface area (Å²) in [6, 6.07) is 3.81. The van der Waals surface area contributed by atoms with Crippen molar-refractivity contribution in [2.24, 2.45) is 5.73 Å². The maximum absolute atomic E-state index is 11.7. The second kappa shape index (κ2) is 6.03. The van der Waals surface area contributed by atoms with Gasteiger partial charge in [0.1, 0.15) is 0 Å². The van der Waals surface area contributed by atoms with Gasteiger partial charge in [0.15, 0.2) is 0 Å². The number of H-pyrrole nitrogens is 1. The molecule has 0 radical (unpaired) electrons. The Bertz CT molecular complexity index is 837. The zero-order valence-corrected chi connectivity index (χ0v) is 14.0.